The molecule has 0 radical (unpaired) electrons. The van der Waals surface area contributed by atoms with Gasteiger partial charge in [-0.2, -0.15) is 0 Å². The summed E-state index contributed by atoms with van der Waals surface area (Å²) in [6, 6.07) is 15.1. The first-order valence-corrected chi connectivity index (χ1v) is 8.96. The van der Waals surface area contributed by atoms with Gasteiger partial charge in [-0.3, -0.25) is 0 Å². The van der Waals surface area contributed by atoms with E-state index in [0.717, 1.165) is 34.2 Å². The second-order valence-electron chi connectivity index (χ2n) is 5.62. The first kappa shape index (κ1) is 17.4. The van der Waals surface area contributed by atoms with Crippen LogP contribution in [0.1, 0.15) is 30.9 Å². The lowest BCUT2D eigenvalue weighted by atomic mass is 10.2. The van der Waals surface area contributed by atoms with Crippen LogP contribution in [0.4, 0.5) is 0 Å². The van der Waals surface area contributed by atoms with E-state index in [1.54, 1.807) is 6.08 Å². The maximum Gasteiger partial charge on any atom is 0.363 e. The monoisotopic (exact) mass is 399 g/mol. The number of hydrogen-bond donors (Lipinski definition) is 0. The molecule has 0 unspecified atom stereocenters. The Balaban J connectivity index is 1.75. The largest absolute Gasteiger partial charge is 0.494 e. The molecule has 0 saturated heterocycles. The fourth-order valence-electron chi connectivity index (χ4n) is 2.31. The number of cyclic esters (lactones) is 1. The van der Waals surface area contributed by atoms with Gasteiger partial charge in [-0.25, -0.2) is 9.79 Å². The SMILES string of the molecule is CCCCOc1ccc(C=C2N=C(c3cccc(Br)c3)OC2=O)cc1. The summed E-state index contributed by atoms with van der Waals surface area (Å²) >= 11 is 3.40. The number of hydrogen-bond acceptors (Lipinski definition) is 4. The van der Waals surface area contributed by atoms with E-state index in [-0.39, 0.29) is 5.70 Å². The van der Waals surface area contributed by atoms with Crippen LogP contribution in [0.2, 0.25) is 0 Å². The molecule has 4 nitrogen and oxygen atoms in total. The van der Waals surface area contributed by atoms with E-state index >= 15 is 0 Å². The third kappa shape index (κ3) is 4.57. The van der Waals surface area contributed by atoms with Crippen LogP contribution in [0.15, 0.2) is 63.7 Å². The average molecular weight is 400 g/mol. The van der Waals surface area contributed by atoms with Crippen LogP contribution in [0.25, 0.3) is 6.08 Å². The van der Waals surface area contributed by atoms with Crippen molar-refractivity contribution in [2.24, 2.45) is 4.99 Å². The van der Waals surface area contributed by atoms with Gasteiger partial charge in [-0.1, -0.05) is 47.5 Å². The number of benzene rings is 2. The molecule has 2 aromatic rings. The van der Waals surface area contributed by atoms with Crippen LogP contribution >= 0.6 is 15.9 Å². The molecular weight excluding hydrogens is 382 g/mol. The summed E-state index contributed by atoms with van der Waals surface area (Å²) in [5, 5.41) is 0. The Morgan fingerprint density at radius 3 is 2.72 bits per heavy atom. The van der Waals surface area contributed by atoms with Gasteiger partial charge in [0.2, 0.25) is 5.90 Å². The predicted molar refractivity (Wildman–Crippen MR) is 102 cm³/mol. The number of rotatable bonds is 6. The Kier molecular flexibility index (Phi) is 5.66. The summed E-state index contributed by atoms with van der Waals surface area (Å²) in [7, 11) is 0. The third-order valence-corrected chi connectivity index (χ3v) is 4.14. The van der Waals surface area contributed by atoms with Gasteiger partial charge < -0.3 is 9.47 Å². The molecule has 25 heavy (non-hydrogen) atoms. The van der Waals surface area contributed by atoms with Crippen LogP contribution in [0, 0.1) is 0 Å². The molecule has 0 aliphatic carbocycles. The summed E-state index contributed by atoms with van der Waals surface area (Å²) in [5.41, 5.74) is 1.91. The highest BCUT2D eigenvalue weighted by Gasteiger charge is 2.24. The van der Waals surface area contributed by atoms with Gasteiger partial charge >= 0.3 is 5.97 Å². The lowest BCUT2D eigenvalue weighted by Gasteiger charge is -2.05. The Bertz CT molecular complexity index is 825. The summed E-state index contributed by atoms with van der Waals surface area (Å²) in [6.45, 7) is 2.84. The van der Waals surface area contributed by atoms with Gasteiger partial charge in [0.25, 0.3) is 0 Å². The number of esters is 1. The lowest BCUT2D eigenvalue weighted by molar-refractivity contribution is -0.129. The fraction of sp³-hybridized carbons (Fsp3) is 0.200. The summed E-state index contributed by atoms with van der Waals surface area (Å²) < 4.78 is 11.8. The molecule has 0 spiro atoms. The van der Waals surface area contributed by atoms with Gasteiger partial charge in [-0.05, 0) is 48.4 Å². The Hall–Kier alpha value is -2.40. The minimum atomic E-state index is -0.446. The molecule has 0 saturated carbocycles. The van der Waals surface area contributed by atoms with Crippen LogP contribution in [0.5, 0.6) is 5.75 Å². The van der Waals surface area contributed by atoms with Crippen molar-refractivity contribution in [2.75, 3.05) is 6.61 Å². The van der Waals surface area contributed by atoms with Gasteiger partial charge in [-0.15, -0.1) is 0 Å². The van der Waals surface area contributed by atoms with Crippen molar-refractivity contribution >= 4 is 33.9 Å². The van der Waals surface area contributed by atoms with E-state index in [1.165, 1.54) is 0 Å². The first-order chi connectivity index (χ1) is 12.2. The number of aliphatic imine (C=N–C) groups is 1. The van der Waals surface area contributed by atoms with Crippen molar-refractivity contribution in [3.8, 4) is 5.75 Å². The minimum Gasteiger partial charge on any atom is -0.494 e. The highest BCUT2D eigenvalue weighted by Crippen LogP contribution is 2.22. The van der Waals surface area contributed by atoms with E-state index in [1.807, 2.05) is 48.5 Å². The normalized spacial score (nSPS) is 15.2. The molecule has 3 rings (SSSR count). The molecular formula is C20H18BrNO3. The standard InChI is InChI=1S/C20H18BrNO3/c1-2-3-11-24-17-9-7-14(8-10-17)12-18-20(23)25-19(22-18)15-5-4-6-16(21)13-15/h4-10,12-13H,2-3,11H2,1H3. The average Bonchev–Trinajstić information content (AvgIpc) is 2.97. The van der Waals surface area contributed by atoms with E-state index in [4.69, 9.17) is 9.47 Å². The maximum atomic E-state index is 12.0. The molecule has 0 bridgehead atoms. The van der Waals surface area contributed by atoms with Crippen molar-refractivity contribution in [3.63, 3.8) is 0 Å². The fourth-order valence-corrected chi connectivity index (χ4v) is 2.71. The van der Waals surface area contributed by atoms with Gasteiger partial charge in [0.15, 0.2) is 5.70 Å². The molecule has 1 aliphatic heterocycles. The number of carbonyl (C=O) groups excluding carboxylic acids is 1. The number of ether oxygens (including phenoxy) is 2. The van der Waals surface area contributed by atoms with Gasteiger partial charge in [0, 0.05) is 10.0 Å². The molecule has 0 fully saturated rings. The van der Waals surface area contributed by atoms with Gasteiger partial charge in [0.1, 0.15) is 5.75 Å². The Labute approximate surface area is 155 Å². The molecule has 128 valence electrons. The molecule has 0 amide bonds. The number of nitrogens with zero attached hydrogens (tertiary/aromatic N) is 1. The molecule has 1 aliphatic rings. The molecule has 2 aromatic carbocycles. The zero-order chi connectivity index (χ0) is 17.6. The Morgan fingerprint density at radius 1 is 1.20 bits per heavy atom. The topological polar surface area (TPSA) is 47.9 Å². The van der Waals surface area contributed by atoms with Crippen LogP contribution in [-0.4, -0.2) is 18.5 Å². The summed E-state index contributed by atoms with van der Waals surface area (Å²) in [6.07, 6.45) is 3.85. The Morgan fingerprint density at radius 2 is 2.00 bits per heavy atom. The predicted octanol–water partition coefficient (Wildman–Crippen LogP) is 4.97. The maximum absolute atomic E-state index is 12.0. The van der Waals surface area contributed by atoms with Crippen molar-refractivity contribution in [1.29, 1.82) is 0 Å². The molecule has 0 N–H and O–H groups in total. The van der Waals surface area contributed by atoms with Crippen LogP contribution in [-0.2, 0) is 9.53 Å². The molecule has 1 heterocycles. The highest BCUT2D eigenvalue weighted by atomic mass is 79.9. The number of halogens is 1. The van der Waals surface area contributed by atoms with Crippen molar-refractivity contribution < 1.29 is 14.3 Å². The third-order valence-electron chi connectivity index (χ3n) is 3.64. The van der Waals surface area contributed by atoms with Crippen LogP contribution in [0.3, 0.4) is 0 Å². The zero-order valence-corrected chi connectivity index (χ0v) is 15.5. The van der Waals surface area contributed by atoms with E-state index < -0.39 is 5.97 Å². The minimum absolute atomic E-state index is 0.287. The zero-order valence-electron chi connectivity index (χ0n) is 13.9. The van der Waals surface area contributed by atoms with Crippen molar-refractivity contribution in [1.82, 2.24) is 0 Å². The number of unbranched alkanes of at least 4 members (excludes halogenated alkanes) is 1. The summed E-state index contributed by atoms with van der Waals surface area (Å²) in [5.74, 6) is 0.693. The van der Waals surface area contributed by atoms with Crippen molar-refractivity contribution in [3.05, 3.63) is 69.8 Å². The van der Waals surface area contributed by atoms with E-state index in [2.05, 4.69) is 27.8 Å². The molecule has 0 atom stereocenters. The highest BCUT2D eigenvalue weighted by molar-refractivity contribution is 9.10. The second kappa shape index (κ2) is 8.12. The number of carbonyl (C=O) groups is 1. The lowest BCUT2D eigenvalue weighted by Crippen LogP contribution is -2.05. The summed E-state index contributed by atoms with van der Waals surface area (Å²) in [4.78, 5) is 16.4. The van der Waals surface area contributed by atoms with Crippen LogP contribution < -0.4 is 4.74 Å². The van der Waals surface area contributed by atoms with E-state index in [0.29, 0.717) is 12.5 Å². The smallest absolute Gasteiger partial charge is 0.363 e. The molecule has 5 heteroatoms. The van der Waals surface area contributed by atoms with E-state index in [9.17, 15) is 4.79 Å². The second-order valence-corrected chi connectivity index (χ2v) is 6.53. The van der Waals surface area contributed by atoms with Gasteiger partial charge in [0.05, 0.1) is 6.61 Å². The van der Waals surface area contributed by atoms with Crippen molar-refractivity contribution in [2.45, 2.75) is 19.8 Å². The molecule has 0 aromatic heterocycles. The first-order valence-electron chi connectivity index (χ1n) is 8.17. The quantitative estimate of drug-likeness (QED) is 0.391.